The van der Waals surface area contributed by atoms with Crippen molar-refractivity contribution in [2.45, 2.75) is 51.2 Å². The highest BCUT2D eigenvalue weighted by Crippen LogP contribution is 2.27. The van der Waals surface area contributed by atoms with Gasteiger partial charge < -0.3 is 10.1 Å². The van der Waals surface area contributed by atoms with E-state index in [1.807, 2.05) is 43.8 Å². The quantitative estimate of drug-likeness (QED) is 0.775. The summed E-state index contributed by atoms with van der Waals surface area (Å²) < 4.78 is 5.61. The van der Waals surface area contributed by atoms with Gasteiger partial charge in [0, 0.05) is 17.5 Å². The molecule has 1 saturated carbocycles. The van der Waals surface area contributed by atoms with Gasteiger partial charge in [-0.1, -0.05) is 31.4 Å². The molecule has 1 amide bonds. The van der Waals surface area contributed by atoms with E-state index in [1.54, 1.807) is 0 Å². The van der Waals surface area contributed by atoms with E-state index in [0.29, 0.717) is 0 Å². The molecular weight excluding hydrogens is 294 g/mol. The van der Waals surface area contributed by atoms with E-state index in [2.05, 4.69) is 5.32 Å². The van der Waals surface area contributed by atoms with E-state index >= 15 is 0 Å². The molecule has 3 nitrogen and oxygen atoms in total. The normalized spacial score (nSPS) is 15.5. The van der Waals surface area contributed by atoms with Crippen LogP contribution >= 0.6 is 11.8 Å². The molecule has 0 radical (unpaired) electrons. The maximum absolute atomic E-state index is 11.8. The molecule has 0 spiro atoms. The Bertz CT molecular complexity index is 484. The van der Waals surface area contributed by atoms with E-state index < -0.39 is 0 Å². The zero-order valence-corrected chi connectivity index (χ0v) is 14.5. The van der Waals surface area contributed by atoms with Crippen molar-refractivity contribution in [1.29, 1.82) is 0 Å². The Morgan fingerprint density at radius 2 is 2.05 bits per heavy atom. The average molecular weight is 321 g/mol. The van der Waals surface area contributed by atoms with Crippen LogP contribution in [0.15, 0.2) is 18.2 Å². The number of thioether (sulfide) groups is 1. The van der Waals surface area contributed by atoms with Crippen molar-refractivity contribution >= 4 is 17.7 Å². The molecule has 0 aliphatic heterocycles. The molecule has 2 rings (SSSR count). The molecule has 4 heteroatoms. The standard InChI is InChI=1S/C18H27NO2S/c1-14-8-9-15(2)17(12-14)21-13-18(20)19-10-11-22-16-6-4-3-5-7-16/h8-9,12,16H,3-7,10-11,13H2,1-2H3,(H,19,20). The van der Waals surface area contributed by atoms with Crippen LogP contribution in [0.3, 0.4) is 0 Å². The van der Waals surface area contributed by atoms with Gasteiger partial charge in [0.15, 0.2) is 6.61 Å². The summed E-state index contributed by atoms with van der Waals surface area (Å²) in [6, 6.07) is 6.04. The number of benzene rings is 1. The monoisotopic (exact) mass is 321 g/mol. The number of aryl methyl sites for hydroxylation is 2. The largest absolute Gasteiger partial charge is 0.483 e. The van der Waals surface area contributed by atoms with Gasteiger partial charge in [0.1, 0.15) is 5.75 Å². The van der Waals surface area contributed by atoms with Crippen LogP contribution in [0.2, 0.25) is 0 Å². The van der Waals surface area contributed by atoms with Crippen LogP contribution in [0.5, 0.6) is 5.75 Å². The van der Waals surface area contributed by atoms with Crippen molar-refractivity contribution in [3.8, 4) is 5.75 Å². The predicted molar refractivity (Wildman–Crippen MR) is 93.8 cm³/mol. The molecule has 1 N–H and O–H groups in total. The van der Waals surface area contributed by atoms with Crippen molar-refractivity contribution in [2.75, 3.05) is 18.9 Å². The molecule has 22 heavy (non-hydrogen) atoms. The van der Waals surface area contributed by atoms with Crippen LogP contribution in [-0.4, -0.2) is 30.1 Å². The number of carbonyl (C=O) groups is 1. The number of amides is 1. The lowest BCUT2D eigenvalue weighted by Gasteiger charge is -2.20. The Labute approximate surface area is 138 Å². The molecule has 0 atom stereocenters. The van der Waals surface area contributed by atoms with Crippen LogP contribution in [0.25, 0.3) is 0 Å². The van der Waals surface area contributed by atoms with Crippen molar-refractivity contribution in [3.05, 3.63) is 29.3 Å². The second-order valence-electron chi connectivity index (χ2n) is 6.04. The first-order valence-electron chi connectivity index (χ1n) is 8.23. The molecular formula is C18H27NO2S. The molecule has 122 valence electrons. The molecule has 0 bridgehead atoms. The lowest BCUT2D eigenvalue weighted by Crippen LogP contribution is -2.31. The molecule has 0 saturated heterocycles. The second kappa shape index (κ2) is 9.09. The number of carbonyl (C=O) groups excluding carboxylic acids is 1. The second-order valence-corrected chi connectivity index (χ2v) is 7.45. The summed E-state index contributed by atoms with van der Waals surface area (Å²) in [5, 5.41) is 3.74. The lowest BCUT2D eigenvalue weighted by molar-refractivity contribution is -0.122. The summed E-state index contributed by atoms with van der Waals surface area (Å²) in [6.07, 6.45) is 6.81. The number of hydrogen-bond acceptors (Lipinski definition) is 3. The SMILES string of the molecule is Cc1ccc(C)c(OCC(=O)NCCSC2CCCCC2)c1. The van der Waals surface area contributed by atoms with Crippen LogP contribution in [0.1, 0.15) is 43.2 Å². The highest BCUT2D eigenvalue weighted by molar-refractivity contribution is 7.99. The van der Waals surface area contributed by atoms with Crippen molar-refractivity contribution < 1.29 is 9.53 Å². The smallest absolute Gasteiger partial charge is 0.257 e. The predicted octanol–water partition coefficient (Wildman–Crippen LogP) is 3.86. The lowest BCUT2D eigenvalue weighted by atomic mass is 10.0. The van der Waals surface area contributed by atoms with Gasteiger partial charge >= 0.3 is 0 Å². The minimum atomic E-state index is -0.0369. The van der Waals surface area contributed by atoms with Crippen LogP contribution in [0.4, 0.5) is 0 Å². The van der Waals surface area contributed by atoms with Gasteiger partial charge in [-0.3, -0.25) is 4.79 Å². The molecule has 1 aromatic rings. The minimum Gasteiger partial charge on any atom is -0.483 e. The van der Waals surface area contributed by atoms with Gasteiger partial charge in [-0.05, 0) is 43.9 Å². The van der Waals surface area contributed by atoms with Gasteiger partial charge in [0.25, 0.3) is 5.91 Å². The summed E-state index contributed by atoms with van der Waals surface area (Å²) in [5.41, 5.74) is 2.20. The summed E-state index contributed by atoms with van der Waals surface area (Å²) >= 11 is 2.00. The molecule has 1 aliphatic rings. The third-order valence-corrected chi connectivity index (χ3v) is 5.42. The molecule has 0 heterocycles. The fourth-order valence-electron chi connectivity index (χ4n) is 2.70. The highest BCUT2D eigenvalue weighted by atomic mass is 32.2. The topological polar surface area (TPSA) is 38.3 Å². The fraction of sp³-hybridized carbons (Fsp3) is 0.611. The maximum atomic E-state index is 11.8. The van der Waals surface area contributed by atoms with E-state index in [4.69, 9.17) is 4.74 Å². The molecule has 1 aromatic carbocycles. The number of hydrogen-bond donors (Lipinski definition) is 1. The van der Waals surface area contributed by atoms with E-state index in [0.717, 1.165) is 34.4 Å². The van der Waals surface area contributed by atoms with E-state index in [1.165, 1.54) is 32.1 Å². The molecule has 1 fully saturated rings. The van der Waals surface area contributed by atoms with Gasteiger partial charge in [-0.2, -0.15) is 11.8 Å². The van der Waals surface area contributed by atoms with Gasteiger partial charge in [0.2, 0.25) is 0 Å². The van der Waals surface area contributed by atoms with Gasteiger partial charge in [-0.15, -0.1) is 0 Å². The average Bonchev–Trinajstić information content (AvgIpc) is 2.53. The Hall–Kier alpha value is -1.16. The van der Waals surface area contributed by atoms with Gasteiger partial charge in [-0.25, -0.2) is 0 Å². The maximum Gasteiger partial charge on any atom is 0.257 e. The minimum absolute atomic E-state index is 0.0369. The Morgan fingerprint density at radius 1 is 1.27 bits per heavy atom. The first kappa shape index (κ1) is 17.2. The van der Waals surface area contributed by atoms with Crippen LogP contribution in [0, 0.1) is 13.8 Å². The molecule has 0 unspecified atom stereocenters. The zero-order valence-electron chi connectivity index (χ0n) is 13.7. The van der Waals surface area contributed by atoms with Crippen LogP contribution < -0.4 is 10.1 Å². The molecule has 1 aliphatic carbocycles. The Morgan fingerprint density at radius 3 is 2.82 bits per heavy atom. The summed E-state index contributed by atoms with van der Waals surface area (Å²) in [4.78, 5) is 11.8. The number of ether oxygens (including phenoxy) is 1. The van der Waals surface area contributed by atoms with Gasteiger partial charge in [0.05, 0.1) is 0 Å². The van der Waals surface area contributed by atoms with E-state index in [-0.39, 0.29) is 12.5 Å². The van der Waals surface area contributed by atoms with Crippen LogP contribution in [-0.2, 0) is 4.79 Å². The third kappa shape index (κ3) is 5.91. The Balaban J connectivity index is 1.60. The van der Waals surface area contributed by atoms with E-state index in [9.17, 15) is 4.79 Å². The number of nitrogens with one attached hydrogen (secondary N) is 1. The summed E-state index contributed by atoms with van der Waals surface area (Å²) in [5.74, 6) is 1.76. The van der Waals surface area contributed by atoms with Crippen molar-refractivity contribution in [3.63, 3.8) is 0 Å². The Kier molecular flexibility index (Phi) is 7.10. The highest BCUT2D eigenvalue weighted by Gasteiger charge is 2.13. The summed E-state index contributed by atoms with van der Waals surface area (Å²) in [7, 11) is 0. The zero-order chi connectivity index (χ0) is 15.8. The third-order valence-electron chi connectivity index (χ3n) is 4.03. The molecule has 0 aromatic heterocycles. The number of rotatable bonds is 7. The van der Waals surface area contributed by atoms with Crippen molar-refractivity contribution in [1.82, 2.24) is 5.32 Å². The first-order valence-corrected chi connectivity index (χ1v) is 9.28. The summed E-state index contributed by atoms with van der Waals surface area (Å²) in [6.45, 7) is 4.84. The fourth-order valence-corrected chi connectivity index (χ4v) is 3.92. The first-order chi connectivity index (χ1) is 10.6. The van der Waals surface area contributed by atoms with Crippen molar-refractivity contribution in [2.24, 2.45) is 0 Å².